The molecule has 5 nitrogen and oxygen atoms in total. The van der Waals surface area contributed by atoms with Crippen molar-refractivity contribution in [3.8, 4) is 11.5 Å². The molecule has 0 bridgehead atoms. The van der Waals surface area contributed by atoms with Gasteiger partial charge in [-0.1, -0.05) is 6.07 Å². The van der Waals surface area contributed by atoms with Gasteiger partial charge in [0.05, 0.1) is 7.11 Å². The predicted octanol–water partition coefficient (Wildman–Crippen LogP) is 3.70. The summed E-state index contributed by atoms with van der Waals surface area (Å²) in [5.74, 6) is -0.535. The van der Waals surface area contributed by atoms with Crippen LogP contribution in [0.4, 0.5) is 8.78 Å². The van der Waals surface area contributed by atoms with E-state index in [-0.39, 0.29) is 23.1 Å². The molecular weight excluding hydrogens is 340 g/mol. The highest BCUT2D eigenvalue weighted by Crippen LogP contribution is 2.31. The third-order valence-electron chi connectivity index (χ3n) is 3.07. The van der Waals surface area contributed by atoms with E-state index >= 15 is 0 Å². The number of carbonyl (C=O) groups excluding carboxylic acids is 1. The van der Waals surface area contributed by atoms with Gasteiger partial charge in [0.25, 0.3) is 0 Å². The summed E-state index contributed by atoms with van der Waals surface area (Å²) in [6.07, 6.45) is 1.62. The monoisotopic (exact) mass is 351 g/mol. The number of cyclic esters (lactones) is 1. The van der Waals surface area contributed by atoms with E-state index in [1.807, 2.05) is 17.5 Å². The van der Waals surface area contributed by atoms with Crippen molar-refractivity contribution in [1.82, 2.24) is 0 Å². The molecule has 8 heteroatoms. The zero-order chi connectivity index (χ0) is 17.1. The van der Waals surface area contributed by atoms with E-state index in [0.717, 1.165) is 4.88 Å². The van der Waals surface area contributed by atoms with Crippen molar-refractivity contribution < 1.29 is 27.8 Å². The Kier molecular flexibility index (Phi) is 4.57. The lowest BCUT2D eigenvalue weighted by atomic mass is 10.2. The fourth-order valence-electron chi connectivity index (χ4n) is 2.03. The summed E-state index contributed by atoms with van der Waals surface area (Å²) in [5, 5.41) is 1.88. The molecule has 0 saturated heterocycles. The van der Waals surface area contributed by atoms with Crippen LogP contribution in [0.1, 0.15) is 10.4 Å². The molecule has 0 spiro atoms. The summed E-state index contributed by atoms with van der Waals surface area (Å²) < 4.78 is 39.2. The van der Waals surface area contributed by atoms with Gasteiger partial charge in [-0.05, 0) is 35.7 Å². The molecule has 1 aliphatic rings. The number of methoxy groups -OCH3 is 1. The van der Waals surface area contributed by atoms with Crippen molar-refractivity contribution >= 4 is 29.3 Å². The number of ether oxygens (including phenoxy) is 3. The molecule has 2 aromatic rings. The number of nitrogens with zero attached hydrogens (tertiary/aromatic N) is 1. The first kappa shape index (κ1) is 16.1. The molecule has 124 valence electrons. The highest BCUT2D eigenvalue weighted by Gasteiger charge is 2.25. The lowest BCUT2D eigenvalue weighted by molar-refractivity contribution is -0.129. The van der Waals surface area contributed by atoms with E-state index in [2.05, 4.69) is 9.73 Å². The zero-order valence-corrected chi connectivity index (χ0v) is 13.2. The van der Waals surface area contributed by atoms with Crippen molar-refractivity contribution in [2.75, 3.05) is 7.11 Å². The van der Waals surface area contributed by atoms with E-state index in [9.17, 15) is 13.6 Å². The second-order valence-corrected chi connectivity index (χ2v) is 5.57. The van der Waals surface area contributed by atoms with Crippen LogP contribution in [0.15, 0.2) is 46.4 Å². The maximum atomic E-state index is 12.3. The number of halogens is 2. The third kappa shape index (κ3) is 3.43. The van der Waals surface area contributed by atoms with Crippen LogP contribution in [0.5, 0.6) is 11.5 Å². The normalized spacial score (nSPS) is 15.6. The fraction of sp³-hybridized carbons (Fsp3) is 0.125. The molecule has 2 heterocycles. The van der Waals surface area contributed by atoms with Crippen molar-refractivity contribution in [2.24, 2.45) is 4.99 Å². The molecule has 0 unspecified atom stereocenters. The lowest BCUT2D eigenvalue weighted by Crippen LogP contribution is -2.07. The Morgan fingerprint density at radius 2 is 2.12 bits per heavy atom. The number of aliphatic imine (C=N–C) groups is 1. The smallest absolute Gasteiger partial charge is 0.387 e. The minimum atomic E-state index is -2.97. The van der Waals surface area contributed by atoms with Gasteiger partial charge in [0.1, 0.15) is 0 Å². The van der Waals surface area contributed by atoms with Gasteiger partial charge >= 0.3 is 12.6 Å². The van der Waals surface area contributed by atoms with E-state index in [1.54, 1.807) is 6.08 Å². The van der Waals surface area contributed by atoms with Crippen molar-refractivity contribution in [1.29, 1.82) is 0 Å². The SMILES string of the molecule is COc1cc(C2=NC(=Cc3cccs3)C(=O)O2)ccc1OC(F)F. The van der Waals surface area contributed by atoms with Gasteiger partial charge in [0.2, 0.25) is 5.90 Å². The van der Waals surface area contributed by atoms with E-state index in [1.165, 1.54) is 36.6 Å². The minimum absolute atomic E-state index is 0.0738. The van der Waals surface area contributed by atoms with Crippen LogP contribution < -0.4 is 9.47 Å². The molecule has 0 N–H and O–H groups in total. The molecule has 0 atom stereocenters. The van der Waals surface area contributed by atoms with Crippen LogP contribution in [0, 0.1) is 0 Å². The molecule has 1 aromatic heterocycles. The minimum Gasteiger partial charge on any atom is -0.493 e. The van der Waals surface area contributed by atoms with Crippen molar-refractivity contribution in [2.45, 2.75) is 6.61 Å². The number of hydrogen-bond donors (Lipinski definition) is 0. The lowest BCUT2D eigenvalue weighted by Gasteiger charge is -2.10. The summed E-state index contributed by atoms with van der Waals surface area (Å²) in [5.41, 5.74) is 0.579. The van der Waals surface area contributed by atoms with Gasteiger partial charge in [-0.25, -0.2) is 9.79 Å². The molecule has 0 fully saturated rings. The number of alkyl halides is 2. The van der Waals surface area contributed by atoms with E-state index in [0.29, 0.717) is 5.56 Å². The number of carbonyl (C=O) groups is 1. The average molecular weight is 351 g/mol. The second kappa shape index (κ2) is 6.79. The molecule has 0 saturated carbocycles. The van der Waals surface area contributed by atoms with E-state index in [4.69, 9.17) is 9.47 Å². The molecule has 3 rings (SSSR count). The Hall–Kier alpha value is -2.74. The Balaban J connectivity index is 1.90. The number of thiophene rings is 1. The van der Waals surface area contributed by atoms with Crippen LogP contribution in [0.25, 0.3) is 6.08 Å². The number of benzene rings is 1. The van der Waals surface area contributed by atoms with Crippen LogP contribution in [-0.4, -0.2) is 25.6 Å². The highest BCUT2D eigenvalue weighted by molar-refractivity contribution is 7.10. The molecule has 1 aliphatic heterocycles. The number of esters is 1. The quantitative estimate of drug-likeness (QED) is 0.609. The maximum absolute atomic E-state index is 12.3. The van der Waals surface area contributed by atoms with Crippen molar-refractivity contribution in [3.63, 3.8) is 0 Å². The Morgan fingerprint density at radius 1 is 1.29 bits per heavy atom. The first-order chi connectivity index (χ1) is 11.6. The largest absolute Gasteiger partial charge is 0.493 e. The molecule has 0 radical (unpaired) electrons. The van der Waals surface area contributed by atoms with Gasteiger partial charge < -0.3 is 14.2 Å². The molecule has 0 aliphatic carbocycles. The van der Waals surface area contributed by atoms with Gasteiger partial charge in [-0.2, -0.15) is 8.78 Å². The van der Waals surface area contributed by atoms with E-state index < -0.39 is 12.6 Å². The number of hydrogen-bond acceptors (Lipinski definition) is 6. The first-order valence-corrected chi connectivity index (χ1v) is 7.64. The van der Waals surface area contributed by atoms with Crippen molar-refractivity contribution in [3.05, 3.63) is 51.8 Å². The Labute approximate surface area is 139 Å². The number of rotatable bonds is 5. The molecule has 1 aromatic carbocycles. The average Bonchev–Trinajstić information content (AvgIpc) is 3.18. The highest BCUT2D eigenvalue weighted by atomic mass is 32.1. The summed E-state index contributed by atoms with van der Waals surface area (Å²) >= 11 is 1.46. The second-order valence-electron chi connectivity index (χ2n) is 4.60. The standard InChI is InChI=1S/C16H11F2NO4S/c1-21-13-7-9(4-5-12(13)22-16(17)18)14-19-11(15(20)23-14)8-10-3-2-6-24-10/h2-8,16H,1H3. The molecular formula is C16H11F2NO4S. The first-order valence-electron chi connectivity index (χ1n) is 6.76. The van der Waals surface area contributed by atoms with Crippen LogP contribution in [-0.2, 0) is 9.53 Å². The van der Waals surface area contributed by atoms with Crippen LogP contribution >= 0.6 is 11.3 Å². The van der Waals surface area contributed by atoms with Crippen LogP contribution in [0.2, 0.25) is 0 Å². The van der Waals surface area contributed by atoms with Crippen LogP contribution in [0.3, 0.4) is 0 Å². The Bertz CT molecular complexity index is 815. The molecule has 0 amide bonds. The fourth-order valence-corrected chi connectivity index (χ4v) is 2.69. The third-order valence-corrected chi connectivity index (χ3v) is 3.89. The maximum Gasteiger partial charge on any atom is 0.387 e. The zero-order valence-electron chi connectivity index (χ0n) is 12.4. The van der Waals surface area contributed by atoms with Gasteiger partial charge in [-0.3, -0.25) is 0 Å². The molecule has 24 heavy (non-hydrogen) atoms. The van der Waals surface area contributed by atoms with Gasteiger partial charge in [0.15, 0.2) is 17.2 Å². The van der Waals surface area contributed by atoms with Gasteiger partial charge in [0, 0.05) is 10.4 Å². The summed E-state index contributed by atoms with van der Waals surface area (Å²) in [6, 6.07) is 7.88. The summed E-state index contributed by atoms with van der Waals surface area (Å²) in [4.78, 5) is 16.9. The summed E-state index contributed by atoms with van der Waals surface area (Å²) in [6.45, 7) is -2.97. The summed E-state index contributed by atoms with van der Waals surface area (Å²) in [7, 11) is 1.32. The van der Waals surface area contributed by atoms with Gasteiger partial charge in [-0.15, -0.1) is 11.3 Å². The predicted molar refractivity (Wildman–Crippen MR) is 84.6 cm³/mol. The Morgan fingerprint density at radius 3 is 2.79 bits per heavy atom. The topological polar surface area (TPSA) is 57.1 Å².